The summed E-state index contributed by atoms with van der Waals surface area (Å²) in [6.07, 6.45) is 1.67. The molecule has 0 radical (unpaired) electrons. The summed E-state index contributed by atoms with van der Waals surface area (Å²) < 4.78 is 19.4. The molecule has 1 aliphatic rings. The highest BCUT2D eigenvalue weighted by molar-refractivity contribution is 5.62. The van der Waals surface area contributed by atoms with Crippen molar-refractivity contribution in [3.8, 4) is 17.3 Å². The number of aromatic nitrogens is 2. The number of nitrogen functional groups attached to an aromatic ring is 1. The molecule has 2 aromatic rings. The lowest BCUT2D eigenvalue weighted by Crippen LogP contribution is -2.50. The fraction of sp³-hybridized carbons (Fsp3) is 0.231. The first-order valence-electron chi connectivity index (χ1n) is 5.98. The molecule has 1 aromatic heterocycles. The zero-order valence-corrected chi connectivity index (χ0v) is 10.1. The van der Waals surface area contributed by atoms with E-state index in [1.165, 1.54) is 18.2 Å². The van der Waals surface area contributed by atoms with E-state index in [-0.39, 0.29) is 17.5 Å². The van der Waals surface area contributed by atoms with Gasteiger partial charge in [0.25, 0.3) is 0 Å². The molecule has 2 heterocycles. The average molecular weight is 260 g/mol. The van der Waals surface area contributed by atoms with Crippen LogP contribution in [0.3, 0.4) is 0 Å². The summed E-state index contributed by atoms with van der Waals surface area (Å²) in [6.45, 7) is 1.60. The third-order valence-electron chi connectivity index (χ3n) is 2.89. The molecule has 1 fully saturated rings. The van der Waals surface area contributed by atoms with Gasteiger partial charge in [-0.3, -0.25) is 0 Å². The highest BCUT2D eigenvalue weighted by Crippen LogP contribution is 2.23. The lowest BCUT2D eigenvalue weighted by Gasteiger charge is -2.27. The average Bonchev–Trinajstić information content (AvgIpc) is 2.37. The number of benzene rings is 1. The molecule has 98 valence electrons. The van der Waals surface area contributed by atoms with Crippen LogP contribution in [0.5, 0.6) is 5.88 Å². The van der Waals surface area contributed by atoms with E-state index in [9.17, 15) is 4.39 Å². The van der Waals surface area contributed by atoms with E-state index in [4.69, 9.17) is 10.5 Å². The fourth-order valence-electron chi connectivity index (χ4n) is 1.77. The van der Waals surface area contributed by atoms with E-state index in [0.717, 1.165) is 13.1 Å². The Morgan fingerprint density at radius 3 is 2.89 bits per heavy atom. The van der Waals surface area contributed by atoms with Gasteiger partial charge in [0.15, 0.2) is 5.82 Å². The molecule has 0 amide bonds. The van der Waals surface area contributed by atoms with Gasteiger partial charge in [-0.05, 0) is 18.2 Å². The van der Waals surface area contributed by atoms with Gasteiger partial charge in [-0.2, -0.15) is 4.98 Å². The summed E-state index contributed by atoms with van der Waals surface area (Å²) in [5.74, 6) is 0.310. The molecule has 0 spiro atoms. The molecule has 1 aromatic carbocycles. The Hall–Kier alpha value is -2.21. The van der Waals surface area contributed by atoms with Crippen molar-refractivity contribution in [3.63, 3.8) is 0 Å². The van der Waals surface area contributed by atoms with Crippen molar-refractivity contribution < 1.29 is 9.13 Å². The van der Waals surface area contributed by atoms with Gasteiger partial charge in [0.2, 0.25) is 5.88 Å². The number of halogens is 1. The molecule has 19 heavy (non-hydrogen) atoms. The van der Waals surface area contributed by atoms with Gasteiger partial charge in [0.1, 0.15) is 11.9 Å². The summed E-state index contributed by atoms with van der Waals surface area (Å²) in [5, 5.41) is 3.10. The molecule has 3 N–H and O–H groups in total. The van der Waals surface area contributed by atoms with Crippen LogP contribution < -0.4 is 15.8 Å². The summed E-state index contributed by atoms with van der Waals surface area (Å²) in [5.41, 5.74) is 6.39. The molecule has 5 nitrogen and oxygen atoms in total. The summed E-state index contributed by atoms with van der Waals surface area (Å²) in [6, 6.07) is 5.97. The van der Waals surface area contributed by atoms with Crippen LogP contribution in [0.2, 0.25) is 0 Å². The maximum absolute atomic E-state index is 13.7. The van der Waals surface area contributed by atoms with E-state index >= 15 is 0 Å². The number of hydrogen-bond acceptors (Lipinski definition) is 5. The second-order valence-electron chi connectivity index (χ2n) is 4.36. The van der Waals surface area contributed by atoms with Gasteiger partial charge < -0.3 is 15.8 Å². The Balaban J connectivity index is 1.91. The molecule has 1 aliphatic heterocycles. The van der Waals surface area contributed by atoms with Crippen LogP contribution in [0, 0.1) is 5.82 Å². The van der Waals surface area contributed by atoms with Crippen LogP contribution in [-0.2, 0) is 0 Å². The van der Waals surface area contributed by atoms with E-state index in [1.807, 2.05) is 0 Å². The first kappa shape index (κ1) is 11.9. The van der Waals surface area contributed by atoms with Gasteiger partial charge >= 0.3 is 0 Å². The summed E-state index contributed by atoms with van der Waals surface area (Å²) in [7, 11) is 0. The number of hydrogen-bond donors (Lipinski definition) is 2. The monoisotopic (exact) mass is 260 g/mol. The second kappa shape index (κ2) is 4.81. The van der Waals surface area contributed by atoms with Crippen molar-refractivity contribution in [1.82, 2.24) is 15.3 Å². The fourth-order valence-corrected chi connectivity index (χ4v) is 1.77. The first-order chi connectivity index (χ1) is 9.22. The summed E-state index contributed by atoms with van der Waals surface area (Å²) >= 11 is 0. The molecule has 0 unspecified atom stereocenters. The molecular formula is C13H13FN4O. The van der Waals surface area contributed by atoms with E-state index < -0.39 is 5.82 Å². The van der Waals surface area contributed by atoms with Crippen molar-refractivity contribution >= 4 is 5.69 Å². The molecule has 0 atom stereocenters. The van der Waals surface area contributed by atoms with E-state index in [0.29, 0.717) is 11.6 Å². The molecule has 0 bridgehead atoms. The highest BCUT2D eigenvalue weighted by atomic mass is 19.1. The Bertz CT molecular complexity index is 601. The van der Waals surface area contributed by atoms with Crippen LogP contribution in [-0.4, -0.2) is 29.2 Å². The van der Waals surface area contributed by atoms with Gasteiger partial charge in [0.05, 0.1) is 5.56 Å². The third kappa shape index (κ3) is 2.48. The molecule has 1 saturated heterocycles. The maximum Gasteiger partial charge on any atom is 0.217 e. The largest absolute Gasteiger partial charge is 0.472 e. The van der Waals surface area contributed by atoms with Crippen LogP contribution in [0.15, 0.2) is 30.5 Å². The Labute approximate surface area is 109 Å². The number of nitrogens with two attached hydrogens (primary N) is 1. The van der Waals surface area contributed by atoms with E-state index in [2.05, 4.69) is 15.3 Å². The molecule has 6 heteroatoms. The zero-order valence-electron chi connectivity index (χ0n) is 10.1. The standard InChI is InChI=1S/C13H13FN4O/c14-11-2-1-8(15)5-10(11)13-17-4-3-12(18-13)19-9-6-16-7-9/h1-5,9,16H,6-7,15H2. The number of anilines is 1. The van der Waals surface area contributed by atoms with Gasteiger partial charge in [-0.1, -0.05) is 0 Å². The van der Waals surface area contributed by atoms with Crippen molar-refractivity contribution in [2.24, 2.45) is 0 Å². The van der Waals surface area contributed by atoms with Gasteiger partial charge in [-0.15, -0.1) is 0 Å². The quantitative estimate of drug-likeness (QED) is 0.812. The van der Waals surface area contributed by atoms with Crippen LogP contribution in [0.4, 0.5) is 10.1 Å². The number of ether oxygens (including phenoxy) is 1. The van der Waals surface area contributed by atoms with Crippen molar-refractivity contribution in [2.45, 2.75) is 6.10 Å². The minimum atomic E-state index is -0.406. The third-order valence-corrected chi connectivity index (χ3v) is 2.89. The Morgan fingerprint density at radius 2 is 2.16 bits per heavy atom. The summed E-state index contributed by atoms with van der Waals surface area (Å²) in [4.78, 5) is 8.27. The molecule has 0 saturated carbocycles. The van der Waals surface area contributed by atoms with Crippen LogP contribution in [0.25, 0.3) is 11.4 Å². The lowest BCUT2D eigenvalue weighted by molar-refractivity contribution is 0.136. The lowest BCUT2D eigenvalue weighted by atomic mass is 10.2. The highest BCUT2D eigenvalue weighted by Gasteiger charge is 2.19. The molecule has 3 rings (SSSR count). The van der Waals surface area contributed by atoms with Crippen molar-refractivity contribution in [2.75, 3.05) is 18.8 Å². The Kier molecular flexibility index (Phi) is 3.00. The number of rotatable bonds is 3. The minimum absolute atomic E-state index is 0.119. The SMILES string of the molecule is Nc1ccc(F)c(-c2nccc(OC3CNC3)n2)c1. The van der Waals surface area contributed by atoms with Crippen LogP contribution >= 0.6 is 0 Å². The Morgan fingerprint density at radius 1 is 1.32 bits per heavy atom. The maximum atomic E-state index is 13.7. The number of nitrogens with zero attached hydrogens (tertiary/aromatic N) is 2. The molecule has 0 aliphatic carbocycles. The van der Waals surface area contributed by atoms with E-state index in [1.54, 1.807) is 12.3 Å². The minimum Gasteiger partial charge on any atom is -0.472 e. The first-order valence-corrected chi connectivity index (χ1v) is 5.98. The van der Waals surface area contributed by atoms with Crippen LogP contribution in [0.1, 0.15) is 0 Å². The smallest absolute Gasteiger partial charge is 0.217 e. The second-order valence-corrected chi connectivity index (χ2v) is 4.36. The topological polar surface area (TPSA) is 73.1 Å². The molecular weight excluding hydrogens is 247 g/mol. The van der Waals surface area contributed by atoms with Crippen molar-refractivity contribution in [1.29, 1.82) is 0 Å². The van der Waals surface area contributed by atoms with Crippen molar-refractivity contribution in [3.05, 3.63) is 36.3 Å². The number of nitrogens with one attached hydrogen (secondary N) is 1. The zero-order chi connectivity index (χ0) is 13.2. The predicted octanol–water partition coefficient (Wildman–Crippen LogP) is 1.22. The predicted molar refractivity (Wildman–Crippen MR) is 69.1 cm³/mol. The normalized spacial score (nSPS) is 15.0. The van der Waals surface area contributed by atoms with Gasteiger partial charge in [-0.25, -0.2) is 9.37 Å². The van der Waals surface area contributed by atoms with Gasteiger partial charge in [0, 0.05) is 31.0 Å².